The molecule has 0 rings (SSSR count). The monoisotopic (exact) mass is 322 g/mol. The third-order valence-electron chi connectivity index (χ3n) is 3.71. The Kier molecular flexibility index (Phi) is 9.23. The van der Waals surface area contributed by atoms with Gasteiger partial charge in [-0.1, -0.05) is 40.3 Å². The number of hydrogen-bond acceptors (Lipinski definition) is 3. The predicted octanol–water partition coefficient (Wildman–Crippen LogP) is 4.39. The molecular weight excluding hydrogens is 295 g/mol. The van der Waals surface area contributed by atoms with E-state index in [0.29, 0.717) is 12.0 Å². The molecule has 0 bridgehead atoms. The van der Waals surface area contributed by atoms with E-state index in [1.165, 1.54) is 12.2 Å². The van der Waals surface area contributed by atoms with E-state index in [-0.39, 0.29) is 23.9 Å². The van der Waals surface area contributed by atoms with E-state index in [1.807, 2.05) is 0 Å². The first-order chi connectivity index (χ1) is 10.6. The molecule has 0 aromatic carbocycles. The summed E-state index contributed by atoms with van der Waals surface area (Å²) in [5.74, 6) is -2.53. The Hall–Kier alpha value is -1.84. The van der Waals surface area contributed by atoms with Gasteiger partial charge in [-0.15, -0.1) is 0 Å². The van der Waals surface area contributed by atoms with E-state index in [1.54, 1.807) is 40.7 Å². The van der Waals surface area contributed by atoms with Crippen molar-refractivity contribution in [3.63, 3.8) is 0 Å². The van der Waals surface area contributed by atoms with E-state index in [4.69, 9.17) is 0 Å². The Bertz CT molecular complexity index is 527. The average molecular weight is 322 g/mol. The molecule has 0 radical (unpaired) electrons. The second-order valence-electron chi connectivity index (χ2n) is 6.20. The summed E-state index contributed by atoms with van der Waals surface area (Å²) in [6.07, 6.45) is 4.82. The smallest absolute Gasteiger partial charge is 0.193 e. The summed E-state index contributed by atoms with van der Waals surface area (Å²) in [6, 6.07) is 0. The van der Waals surface area contributed by atoms with Crippen molar-refractivity contribution < 1.29 is 18.8 Å². The molecule has 0 N–H and O–H groups in total. The number of ketones is 3. The molecule has 0 fully saturated rings. The second-order valence-corrected chi connectivity index (χ2v) is 6.20. The molecule has 0 amide bonds. The van der Waals surface area contributed by atoms with Crippen molar-refractivity contribution in [2.24, 2.45) is 17.8 Å². The van der Waals surface area contributed by atoms with Gasteiger partial charge in [0, 0.05) is 17.8 Å². The van der Waals surface area contributed by atoms with Crippen molar-refractivity contribution in [3.05, 3.63) is 36.2 Å². The maximum absolute atomic E-state index is 13.6. The molecule has 3 nitrogen and oxygen atoms in total. The van der Waals surface area contributed by atoms with Crippen LogP contribution in [-0.2, 0) is 14.4 Å². The molecule has 0 aromatic heterocycles. The van der Waals surface area contributed by atoms with Gasteiger partial charge in [-0.05, 0) is 37.5 Å². The van der Waals surface area contributed by atoms with Gasteiger partial charge in [0.2, 0.25) is 0 Å². The SMILES string of the molecule is C=CC(=O)C(C)C/C=C(\C)C(=O)C(C)C/C=C(\F)C(=O)C(C)C. The van der Waals surface area contributed by atoms with Gasteiger partial charge in [0.05, 0.1) is 0 Å². The lowest BCUT2D eigenvalue weighted by Gasteiger charge is -2.10. The van der Waals surface area contributed by atoms with Crippen LogP contribution < -0.4 is 0 Å². The molecule has 128 valence electrons. The highest BCUT2D eigenvalue weighted by Crippen LogP contribution is 2.16. The molecule has 0 spiro atoms. The summed E-state index contributed by atoms with van der Waals surface area (Å²) >= 11 is 0. The lowest BCUT2D eigenvalue weighted by molar-refractivity contribution is -0.120. The zero-order chi connectivity index (χ0) is 18.2. The zero-order valence-electron chi connectivity index (χ0n) is 14.7. The molecule has 2 unspecified atom stereocenters. The largest absolute Gasteiger partial charge is 0.295 e. The highest BCUT2D eigenvalue weighted by molar-refractivity contribution is 5.97. The van der Waals surface area contributed by atoms with E-state index in [2.05, 4.69) is 6.58 Å². The van der Waals surface area contributed by atoms with E-state index < -0.39 is 23.4 Å². The van der Waals surface area contributed by atoms with Crippen LogP contribution in [0.5, 0.6) is 0 Å². The van der Waals surface area contributed by atoms with Crippen LogP contribution in [0.25, 0.3) is 0 Å². The van der Waals surface area contributed by atoms with Crippen molar-refractivity contribution in [1.82, 2.24) is 0 Å². The minimum absolute atomic E-state index is 0.0632. The molecule has 0 aliphatic heterocycles. The summed E-state index contributed by atoms with van der Waals surface area (Å²) in [6.45, 7) is 11.8. The maximum atomic E-state index is 13.6. The lowest BCUT2D eigenvalue weighted by Crippen LogP contribution is -2.13. The van der Waals surface area contributed by atoms with Crippen LogP contribution in [0.15, 0.2) is 36.2 Å². The molecular formula is C19H27FO3. The first-order valence-electron chi connectivity index (χ1n) is 7.88. The van der Waals surface area contributed by atoms with Gasteiger partial charge < -0.3 is 0 Å². The molecule has 0 saturated carbocycles. The van der Waals surface area contributed by atoms with Crippen molar-refractivity contribution in [2.45, 2.75) is 47.5 Å². The number of carbonyl (C=O) groups is 3. The third kappa shape index (κ3) is 7.31. The topological polar surface area (TPSA) is 51.2 Å². The predicted molar refractivity (Wildman–Crippen MR) is 90.6 cm³/mol. The fraction of sp³-hybridized carbons (Fsp3) is 0.526. The highest BCUT2D eigenvalue weighted by atomic mass is 19.1. The highest BCUT2D eigenvalue weighted by Gasteiger charge is 2.17. The fourth-order valence-electron chi connectivity index (χ4n) is 1.92. The van der Waals surface area contributed by atoms with Crippen LogP contribution >= 0.6 is 0 Å². The van der Waals surface area contributed by atoms with Gasteiger partial charge >= 0.3 is 0 Å². The third-order valence-corrected chi connectivity index (χ3v) is 3.71. The van der Waals surface area contributed by atoms with Gasteiger partial charge in [0.1, 0.15) is 0 Å². The molecule has 0 aliphatic carbocycles. The van der Waals surface area contributed by atoms with Crippen LogP contribution in [0, 0.1) is 17.8 Å². The Morgan fingerprint density at radius 2 is 1.48 bits per heavy atom. The van der Waals surface area contributed by atoms with E-state index in [0.717, 1.165) is 0 Å². The summed E-state index contributed by atoms with van der Waals surface area (Å²) in [7, 11) is 0. The fourth-order valence-corrected chi connectivity index (χ4v) is 1.92. The lowest BCUT2D eigenvalue weighted by atomic mass is 9.94. The summed E-state index contributed by atoms with van der Waals surface area (Å²) in [4.78, 5) is 35.1. The van der Waals surface area contributed by atoms with Crippen LogP contribution in [0.2, 0.25) is 0 Å². The molecule has 4 heteroatoms. The molecule has 23 heavy (non-hydrogen) atoms. The second kappa shape index (κ2) is 10.0. The minimum atomic E-state index is -0.786. The first-order valence-corrected chi connectivity index (χ1v) is 7.88. The number of Topliss-reactive ketones (excluding diaryl/α,β-unsaturated/α-hetero) is 2. The van der Waals surface area contributed by atoms with Gasteiger partial charge in [-0.2, -0.15) is 0 Å². The normalized spacial score (nSPS) is 15.3. The Labute approximate surface area is 138 Å². The maximum Gasteiger partial charge on any atom is 0.193 e. The van der Waals surface area contributed by atoms with Gasteiger partial charge in [-0.25, -0.2) is 4.39 Å². The Balaban J connectivity index is 4.70. The number of halogens is 1. The van der Waals surface area contributed by atoms with Crippen LogP contribution in [0.3, 0.4) is 0 Å². The standard InChI is InChI=1S/C19H27FO3/c1-7-17(21)13(4)8-9-14(5)19(23)15(6)10-11-16(20)18(22)12(2)3/h7,9,11-13,15H,1,8,10H2,2-6H3/b14-9+,16-11-. The summed E-state index contributed by atoms with van der Waals surface area (Å²) in [5, 5.41) is 0. The molecule has 0 aliphatic rings. The van der Waals surface area contributed by atoms with Crippen molar-refractivity contribution >= 4 is 17.3 Å². The van der Waals surface area contributed by atoms with Crippen LogP contribution in [0.1, 0.15) is 47.5 Å². The summed E-state index contributed by atoms with van der Waals surface area (Å²) in [5.41, 5.74) is 0.546. The molecule has 0 saturated heterocycles. The number of allylic oxidation sites excluding steroid dienone is 5. The number of hydrogen-bond donors (Lipinski definition) is 0. The van der Waals surface area contributed by atoms with Crippen molar-refractivity contribution in [2.75, 3.05) is 0 Å². The van der Waals surface area contributed by atoms with E-state index >= 15 is 0 Å². The average Bonchev–Trinajstić information content (AvgIpc) is 2.54. The van der Waals surface area contributed by atoms with E-state index in [9.17, 15) is 18.8 Å². The first kappa shape index (κ1) is 21.2. The zero-order valence-corrected chi connectivity index (χ0v) is 14.7. The van der Waals surface area contributed by atoms with Crippen molar-refractivity contribution in [3.8, 4) is 0 Å². The Morgan fingerprint density at radius 3 is 1.96 bits per heavy atom. The molecule has 2 atom stereocenters. The van der Waals surface area contributed by atoms with Gasteiger partial charge in [0.25, 0.3) is 0 Å². The quantitative estimate of drug-likeness (QED) is 0.561. The van der Waals surface area contributed by atoms with Crippen molar-refractivity contribution in [1.29, 1.82) is 0 Å². The van der Waals surface area contributed by atoms with Crippen LogP contribution in [0.4, 0.5) is 4.39 Å². The van der Waals surface area contributed by atoms with Gasteiger partial charge in [-0.3, -0.25) is 14.4 Å². The number of carbonyl (C=O) groups excluding carboxylic acids is 3. The summed E-state index contributed by atoms with van der Waals surface area (Å²) < 4.78 is 13.6. The van der Waals surface area contributed by atoms with Gasteiger partial charge in [0.15, 0.2) is 23.2 Å². The number of rotatable bonds is 10. The minimum Gasteiger partial charge on any atom is -0.295 e. The Morgan fingerprint density at radius 1 is 0.957 bits per heavy atom. The molecule has 0 aromatic rings. The van der Waals surface area contributed by atoms with Crippen LogP contribution in [-0.4, -0.2) is 17.3 Å². The molecule has 0 heterocycles.